The zero-order valence-corrected chi connectivity index (χ0v) is 14.5. The molecule has 1 aromatic rings. The molecule has 3 heterocycles. The molecule has 0 aliphatic carbocycles. The van der Waals surface area contributed by atoms with E-state index in [4.69, 9.17) is 21.1 Å². The highest BCUT2D eigenvalue weighted by atomic mass is 35.5. The lowest BCUT2D eigenvalue weighted by Crippen LogP contribution is -2.51. The average Bonchev–Trinajstić information content (AvgIpc) is 3.07. The van der Waals surface area contributed by atoms with Crippen LogP contribution in [0.1, 0.15) is 12.5 Å². The van der Waals surface area contributed by atoms with E-state index in [0.29, 0.717) is 30.6 Å². The average molecular weight is 355 g/mol. The standard InChI is InChI=1S/C15H19ClN4O4/c1-15(24-3)13(23-2)12(20(21)22)14-18(6-7-19(14)15)9-10-4-5-11(16)17-8-10/h4-5,8,13H,6-7,9H2,1-3H3/t13-,15+/m1/s1. The first kappa shape index (κ1) is 16.9. The van der Waals surface area contributed by atoms with E-state index in [9.17, 15) is 10.1 Å². The van der Waals surface area contributed by atoms with Crippen LogP contribution in [0, 0.1) is 10.1 Å². The van der Waals surface area contributed by atoms with Crippen molar-refractivity contribution in [3.8, 4) is 0 Å². The van der Waals surface area contributed by atoms with E-state index in [2.05, 4.69) is 4.98 Å². The molecular formula is C15H19ClN4O4. The number of hydrogen-bond acceptors (Lipinski definition) is 7. The molecule has 8 nitrogen and oxygen atoms in total. The Balaban J connectivity index is 1.98. The van der Waals surface area contributed by atoms with Crippen LogP contribution in [0.15, 0.2) is 29.8 Å². The predicted octanol–water partition coefficient (Wildman–Crippen LogP) is 1.69. The van der Waals surface area contributed by atoms with Crippen LogP contribution >= 0.6 is 11.6 Å². The fourth-order valence-electron chi connectivity index (χ4n) is 3.45. The van der Waals surface area contributed by atoms with Crippen molar-refractivity contribution in [1.82, 2.24) is 14.8 Å². The van der Waals surface area contributed by atoms with E-state index in [1.807, 2.05) is 22.8 Å². The van der Waals surface area contributed by atoms with Gasteiger partial charge in [-0.3, -0.25) is 10.1 Å². The number of hydrogen-bond donors (Lipinski definition) is 0. The van der Waals surface area contributed by atoms with Crippen molar-refractivity contribution in [2.45, 2.75) is 25.3 Å². The largest absolute Gasteiger partial charge is 0.365 e. The first-order valence-corrected chi connectivity index (χ1v) is 7.89. The second-order valence-electron chi connectivity index (χ2n) is 5.90. The molecular weight excluding hydrogens is 336 g/mol. The van der Waals surface area contributed by atoms with Gasteiger partial charge in [-0.2, -0.15) is 0 Å². The Labute approximate surface area is 144 Å². The van der Waals surface area contributed by atoms with Crippen LogP contribution < -0.4 is 0 Å². The van der Waals surface area contributed by atoms with Gasteiger partial charge in [0.25, 0.3) is 0 Å². The number of aromatic nitrogens is 1. The van der Waals surface area contributed by atoms with E-state index in [1.54, 1.807) is 12.3 Å². The van der Waals surface area contributed by atoms with Crippen LogP contribution in [-0.4, -0.2) is 58.8 Å². The van der Waals surface area contributed by atoms with E-state index in [1.165, 1.54) is 14.2 Å². The first-order valence-electron chi connectivity index (χ1n) is 7.52. The van der Waals surface area contributed by atoms with E-state index < -0.39 is 11.8 Å². The fraction of sp³-hybridized carbons (Fsp3) is 0.533. The molecule has 0 N–H and O–H groups in total. The van der Waals surface area contributed by atoms with Gasteiger partial charge in [0.2, 0.25) is 0 Å². The molecule has 0 saturated carbocycles. The molecule has 0 unspecified atom stereocenters. The molecule has 1 fully saturated rings. The summed E-state index contributed by atoms with van der Waals surface area (Å²) in [5, 5.41) is 12.1. The summed E-state index contributed by atoms with van der Waals surface area (Å²) in [5.74, 6) is 0.547. The van der Waals surface area contributed by atoms with E-state index in [0.717, 1.165) is 5.56 Å². The Morgan fingerprint density at radius 1 is 1.46 bits per heavy atom. The number of nitro groups is 1. The minimum atomic E-state index is -0.903. The molecule has 24 heavy (non-hydrogen) atoms. The Morgan fingerprint density at radius 3 is 2.75 bits per heavy atom. The fourth-order valence-corrected chi connectivity index (χ4v) is 3.56. The highest BCUT2D eigenvalue weighted by molar-refractivity contribution is 6.29. The topological polar surface area (TPSA) is 81.0 Å². The van der Waals surface area contributed by atoms with Gasteiger partial charge in [-0.05, 0) is 18.6 Å². The van der Waals surface area contributed by atoms with E-state index in [-0.39, 0.29) is 10.6 Å². The third kappa shape index (κ3) is 2.51. The molecule has 2 atom stereocenters. The molecule has 0 amide bonds. The summed E-state index contributed by atoms with van der Waals surface area (Å²) in [6, 6.07) is 3.57. The normalized spacial score (nSPS) is 26.2. The second-order valence-corrected chi connectivity index (χ2v) is 6.29. The lowest BCUT2D eigenvalue weighted by atomic mass is 10.1. The minimum Gasteiger partial charge on any atom is -0.365 e. The molecule has 130 valence electrons. The summed E-state index contributed by atoms with van der Waals surface area (Å²) in [7, 11) is 3.00. The number of methoxy groups -OCH3 is 2. The summed E-state index contributed by atoms with van der Waals surface area (Å²) >= 11 is 5.81. The van der Waals surface area contributed by atoms with Gasteiger partial charge in [-0.1, -0.05) is 17.7 Å². The summed E-state index contributed by atoms with van der Waals surface area (Å²) in [4.78, 5) is 19.2. The molecule has 3 rings (SSSR count). The Bertz CT molecular complexity index is 681. The Kier molecular flexibility index (Phi) is 4.37. The van der Waals surface area contributed by atoms with Crippen LogP contribution in [0.4, 0.5) is 0 Å². The van der Waals surface area contributed by atoms with Crippen molar-refractivity contribution in [3.63, 3.8) is 0 Å². The Morgan fingerprint density at radius 2 is 2.21 bits per heavy atom. The van der Waals surface area contributed by atoms with Gasteiger partial charge in [0.15, 0.2) is 17.6 Å². The third-order valence-corrected chi connectivity index (χ3v) is 4.88. The molecule has 0 aromatic carbocycles. The highest BCUT2D eigenvalue weighted by Crippen LogP contribution is 2.44. The van der Waals surface area contributed by atoms with Gasteiger partial charge < -0.3 is 19.3 Å². The van der Waals surface area contributed by atoms with Crippen molar-refractivity contribution in [2.24, 2.45) is 0 Å². The summed E-state index contributed by atoms with van der Waals surface area (Å²) in [6.45, 7) is 3.59. The maximum absolute atomic E-state index is 11.7. The maximum Gasteiger partial charge on any atom is 0.319 e. The van der Waals surface area contributed by atoms with Crippen molar-refractivity contribution in [1.29, 1.82) is 0 Å². The Hall–Kier alpha value is -1.90. The number of rotatable bonds is 5. The van der Waals surface area contributed by atoms with Crippen LogP contribution in [-0.2, 0) is 16.0 Å². The van der Waals surface area contributed by atoms with Crippen molar-refractivity contribution < 1.29 is 14.4 Å². The quantitative estimate of drug-likeness (QED) is 0.452. The molecule has 9 heteroatoms. The van der Waals surface area contributed by atoms with Crippen LogP contribution in [0.2, 0.25) is 5.15 Å². The van der Waals surface area contributed by atoms with Gasteiger partial charge in [0.1, 0.15) is 5.15 Å². The van der Waals surface area contributed by atoms with Gasteiger partial charge in [-0.25, -0.2) is 4.98 Å². The molecule has 2 aliphatic rings. The van der Waals surface area contributed by atoms with Gasteiger partial charge in [0.05, 0.1) is 4.92 Å². The maximum atomic E-state index is 11.7. The van der Waals surface area contributed by atoms with Crippen molar-refractivity contribution in [2.75, 3.05) is 27.3 Å². The molecule has 1 saturated heterocycles. The monoisotopic (exact) mass is 354 g/mol. The van der Waals surface area contributed by atoms with Crippen molar-refractivity contribution in [3.05, 3.63) is 50.7 Å². The molecule has 2 aliphatic heterocycles. The number of ether oxygens (including phenoxy) is 2. The van der Waals surface area contributed by atoms with Crippen LogP contribution in [0.25, 0.3) is 0 Å². The number of fused-ring (bicyclic) bond motifs is 1. The van der Waals surface area contributed by atoms with Gasteiger partial charge >= 0.3 is 5.70 Å². The van der Waals surface area contributed by atoms with E-state index >= 15 is 0 Å². The molecule has 0 radical (unpaired) electrons. The third-order valence-electron chi connectivity index (χ3n) is 4.66. The van der Waals surface area contributed by atoms with Crippen molar-refractivity contribution >= 4 is 11.6 Å². The molecule has 0 bridgehead atoms. The summed E-state index contributed by atoms with van der Waals surface area (Å²) in [6.07, 6.45) is 0.911. The predicted molar refractivity (Wildman–Crippen MR) is 86.6 cm³/mol. The number of halogens is 1. The second kappa shape index (κ2) is 6.19. The zero-order valence-electron chi connectivity index (χ0n) is 13.7. The van der Waals surface area contributed by atoms with Gasteiger partial charge in [0, 0.05) is 40.1 Å². The lowest BCUT2D eigenvalue weighted by Gasteiger charge is -2.36. The van der Waals surface area contributed by atoms with Gasteiger partial charge in [-0.15, -0.1) is 0 Å². The SMILES string of the molecule is CO[C@@H]1C([N+](=O)[O-])=C2N(Cc3ccc(Cl)nc3)CCN2[C@@]1(C)OC. The molecule has 0 spiro atoms. The summed E-state index contributed by atoms with van der Waals surface area (Å²) in [5.41, 5.74) is 0.0529. The minimum absolute atomic E-state index is 0.0290. The van der Waals surface area contributed by atoms with Crippen LogP contribution in [0.3, 0.4) is 0 Å². The van der Waals surface area contributed by atoms with Crippen LogP contribution in [0.5, 0.6) is 0 Å². The summed E-state index contributed by atoms with van der Waals surface area (Å²) < 4.78 is 11.0. The first-order chi connectivity index (χ1) is 11.4. The smallest absolute Gasteiger partial charge is 0.319 e. The highest BCUT2D eigenvalue weighted by Gasteiger charge is 2.60. The number of nitrogens with zero attached hydrogens (tertiary/aromatic N) is 4. The number of pyridine rings is 1. The molecule has 1 aromatic heterocycles. The zero-order chi connectivity index (χ0) is 17.5. The lowest BCUT2D eigenvalue weighted by molar-refractivity contribution is -0.440.